The highest BCUT2D eigenvalue weighted by atomic mass is 19.4. The molecule has 0 aromatic heterocycles. The minimum atomic E-state index is -4.12. The van der Waals surface area contributed by atoms with E-state index in [0.717, 1.165) is 5.56 Å². The quantitative estimate of drug-likeness (QED) is 0.644. The molecule has 0 saturated carbocycles. The average Bonchev–Trinajstić information content (AvgIpc) is 2.33. The second-order valence-corrected chi connectivity index (χ2v) is 5.01. The summed E-state index contributed by atoms with van der Waals surface area (Å²) in [6.07, 6.45) is -3.36. The Labute approximate surface area is 109 Å². The molecule has 1 aliphatic rings. The van der Waals surface area contributed by atoms with Crippen LogP contribution in [0.5, 0.6) is 5.75 Å². The summed E-state index contributed by atoms with van der Waals surface area (Å²) in [5.74, 6) is -1.24. The van der Waals surface area contributed by atoms with Gasteiger partial charge in [-0.3, -0.25) is 4.90 Å². The number of anilines is 1. The van der Waals surface area contributed by atoms with Gasteiger partial charge < -0.3 is 10.8 Å². The van der Waals surface area contributed by atoms with Gasteiger partial charge in [0.2, 0.25) is 0 Å². The molecule has 1 heterocycles. The minimum Gasteiger partial charge on any atom is -0.506 e. The van der Waals surface area contributed by atoms with Crippen LogP contribution in [-0.2, 0) is 6.54 Å². The lowest BCUT2D eigenvalue weighted by atomic mass is 9.97. The fraction of sp³-hybridized carbons (Fsp3) is 0.538. The number of hydrogen-bond donors (Lipinski definition) is 2. The number of nitrogen functional groups attached to an aromatic ring is 1. The molecule has 0 radical (unpaired) electrons. The Kier molecular flexibility index (Phi) is 3.89. The molecule has 1 unspecified atom stereocenters. The predicted molar refractivity (Wildman–Crippen MR) is 66.6 cm³/mol. The number of alkyl halides is 3. The molecule has 0 spiro atoms. The van der Waals surface area contributed by atoms with Crippen LogP contribution >= 0.6 is 0 Å². The lowest BCUT2D eigenvalue weighted by Gasteiger charge is -2.33. The normalized spacial score (nSPS) is 21.5. The molecular weight excluding hydrogens is 257 g/mol. The molecule has 0 aliphatic carbocycles. The van der Waals surface area contributed by atoms with E-state index in [-0.39, 0.29) is 24.4 Å². The minimum absolute atomic E-state index is 0.00411. The van der Waals surface area contributed by atoms with E-state index in [9.17, 15) is 18.3 Å². The molecule has 6 heteroatoms. The van der Waals surface area contributed by atoms with Crippen molar-refractivity contribution in [2.24, 2.45) is 5.92 Å². The number of halogens is 3. The number of hydrogen-bond acceptors (Lipinski definition) is 3. The summed E-state index contributed by atoms with van der Waals surface area (Å²) < 4.78 is 38.1. The topological polar surface area (TPSA) is 49.5 Å². The Bertz CT molecular complexity index is 448. The molecule has 1 aromatic rings. The van der Waals surface area contributed by atoms with E-state index < -0.39 is 12.1 Å². The second-order valence-electron chi connectivity index (χ2n) is 5.01. The van der Waals surface area contributed by atoms with Crippen molar-refractivity contribution in [3.63, 3.8) is 0 Å². The molecule has 3 N–H and O–H groups in total. The summed E-state index contributed by atoms with van der Waals surface area (Å²) in [6.45, 7) is 1.12. The highest BCUT2D eigenvalue weighted by Crippen LogP contribution is 2.33. The maximum atomic E-state index is 12.7. The smallest absolute Gasteiger partial charge is 0.393 e. The maximum Gasteiger partial charge on any atom is 0.393 e. The van der Waals surface area contributed by atoms with Gasteiger partial charge in [-0.2, -0.15) is 13.2 Å². The number of rotatable bonds is 2. The van der Waals surface area contributed by atoms with Crippen LogP contribution in [-0.4, -0.2) is 29.3 Å². The third-order valence-corrected chi connectivity index (χ3v) is 3.47. The maximum absolute atomic E-state index is 12.7. The molecule has 19 heavy (non-hydrogen) atoms. The highest BCUT2D eigenvalue weighted by molar-refractivity contribution is 5.53. The molecule has 1 fully saturated rings. The molecule has 1 saturated heterocycles. The lowest BCUT2D eigenvalue weighted by Crippen LogP contribution is -2.41. The van der Waals surface area contributed by atoms with Gasteiger partial charge in [-0.05, 0) is 37.1 Å². The van der Waals surface area contributed by atoms with Gasteiger partial charge >= 0.3 is 6.18 Å². The van der Waals surface area contributed by atoms with Gasteiger partial charge in [-0.1, -0.05) is 6.07 Å². The number of piperidine rings is 1. The zero-order valence-electron chi connectivity index (χ0n) is 10.5. The first-order valence-corrected chi connectivity index (χ1v) is 6.22. The van der Waals surface area contributed by atoms with Crippen LogP contribution in [0.4, 0.5) is 18.9 Å². The first-order chi connectivity index (χ1) is 8.86. The fourth-order valence-electron chi connectivity index (χ4n) is 2.43. The predicted octanol–water partition coefficient (Wildman–Crippen LogP) is 2.75. The number of phenols is 1. The fourth-order valence-corrected chi connectivity index (χ4v) is 2.43. The van der Waals surface area contributed by atoms with E-state index in [1.807, 2.05) is 0 Å². The van der Waals surface area contributed by atoms with Gasteiger partial charge in [0.1, 0.15) is 5.75 Å². The van der Waals surface area contributed by atoms with Gasteiger partial charge in [-0.25, -0.2) is 0 Å². The van der Waals surface area contributed by atoms with Gasteiger partial charge in [0.05, 0.1) is 11.6 Å². The summed E-state index contributed by atoms with van der Waals surface area (Å²) in [7, 11) is 0. The molecule has 2 rings (SSSR count). The first-order valence-electron chi connectivity index (χ1n) is 6.22. The Morgan fingerprint density at radius 1 is 1.37 bits per heavy atom. The van der Waals surface area contributed by atoms with Crippen LogP contribution in [0.1, 0.15) is 18.4 Å². The van der Waals surface area contributed by atoms with E-state index >= 15 is 0 Å². The second kappa shape index (κ2) is 5.28. The summed E-state index contributed by atoms with van der Waals surface area (Å²) in [4.78, 5) is 1.79. The lowest BCUT2D eigenvalue weighted by molar-refractivity contribution is -0.187. The summed E-state index contributed by atoms with van der Waals surface area (Å²) in [5, 5.41) is 9.31. The standard InChI is InChI=1S/C13H17F3N2O/c14-13(15,16)10-2-1-5-18(8-10)7-9-3-4-12(19)11(17)6-9/h3-4,6,10,19H,1-2,5,7-8,17H2. The van der Waals surface area contributed by atoms with E-state index in [4.69, 9.17) is 5.73 Å². The van der Waals surface area contributed by atoms with Crippen LogP contribution in [0.3, 0.4) is 0 Å². The molecule has 3 nitrogen and oxygen atoms in total. The average molecular weight is 274 g/mol. The zero-order valence-corrected chi connectivity index (χ0v) is 10.5. The molecule has 0 bridgehead atoms. The summed E-state index contributed by atoms with van der Waals surface area (Å²) >= 11 is 0. The molecule has 106 valence electrons. The van der Waals surface area contributed by atoms with E-state index in [1.54, 1.807) is 17.0 Å². The van der Waals surface area contributed by atoms with Crippen LogP contribution < -0.4 is 5.73 Å². The SMILES string of the molecule is Nc1cc(CN2CCCC(C(F)(F)F)C2)ccc1O. The van der Waals surface area contributed by atoms with Gasteiger partial charge in [0.15, 0.2) is 0 Å². The Morgan fingerprint density at radius 2 is 2.11 bits per heavy atom. The Morgan fingerprint density at radius 3 is 2.74 bits per heavy atom. The number of nitrogens with zero attached hydrogens (tertiary/aromatic N) is 1. The van der Waals surface area contributed by atoms with Crippen LogP contribution in [0.15, 0.2) is 18.2 Å². The molecule has 1 aromatic carbocycles. The van der Waals surface area contributed by atoms with E-state index in [0.29, 0.717) is 19.5 Å². The number of phenolic OH excluding ortho intramolecular Hbond substituents is 1. The van der Waals surface area contributed by atoms with Crippen molar-refractivity contribution in [3.05, 3.63) is 23.8 Å². The third-order valence-electron chi connectivity index (χ3n) is 3.47. The Hall–Kier alpha value is -1.43. The van der Waals surface area contributed by atoms with E-state index in [2.05, 4.69) is 0 Å². The monoisotopic (exact) mass is 274 g/mol. The van der Waals surface area contributed by atoms with E-state index in [1.165, 1.54) is 6.07 Å². The van der Waals surface area contributed by atoms with Crippen molar-refractivity contribution in [3.8, 4) is 5.75 Å². The van der Waals surface area contributed by atoms with Crippen molar-refractivity contribution in [1.29, 1.82) is 0 Å². The van der Waals surface area contributed by atoms with Crippen molar-refractivity contribution in [1.82, 2.24) is 4.90 Å². The number of benzene rings is 1. The highest BCUT2D eigenvalue weighted by Gasteiger charge is 2.41. The molecule has 1 aliphatic heterocycles. The summed E-state index contributed by atoms with van der Waals surface area (Å²) in [6, 6.07) is 4.76. The van der Waals surface area contributed by atoms with Crippen LogP contribution in [0.25, 0.3) is 0 Å². The first kappa shape index (κ1) is 14.0. The van der Waals surface area contributed by atoms with Crippen molar-refractivity contribution < 1.29 is 18.3 Å². The number of aromatic hydroxyl groups is 1. The van der Waals surface area contributed by atoms with Gasteiger partial charge in [0, 0.05) is 13.1 Å². The number of likely N-dealkylation sites (tertiary alicyclic amines) is 1. The zero-order chi connectivity index (χ0) is 14.0. The third kappa shape index (κ3) is 3.53. The Balaban J connectivity index is 2.00. The van der Waals surface area contributed by atoms with Crippen molar-refractivity contribution in [2.45, 2.75) is 25.6 Å². The molecule has 1 atom stereocenters. The van der Waals surface area contributed by atoms with Crippen LogP contribution in [0, 0.1) is 5.92 Å². The van der Waals surface area contributed by atoms with Gasteiger partial charge in [-0.15, -0.1) is 0 Å². The van der Waals surface area contributed by atoms with Crippen molar-refractivity contribution >= 4 is 5.69 Å². The largest absolute Gasteiger partial charge is 0.506 e. The summed E-state index contributed by atoms with van der Waals surface area (Å²) in [5.41, 5.74) is 6.64. The van der Waals surface area contributed by atoms with Crippen LogP contribution in [0.2, 0.25) is 0 Å². The molecular formula is C13H17F3N2O. The van der Waals surface area contributed by atoms with Crippen molar-refractivity contribution in [2.75, 3.05) is 18.8 Å². The van der Waals surface area contributed by atoms with Gasteiger partial charge in [0.25, 0.3) is 0 Å². The molecule has 0 amide bonds. The number of nitrogens with two attached hydrogens (primary N) is 1.